The zero-order valence-corrected chi connectivity index (χ0v) is 16.8. The molecule has 0 bridgehead atoms. The van der Waals surface area contributed by atoms with Gasteiger partial charge in [0.25, 0.3) is 0 Å². The Morgan fingerprint density at radius 1 is 1.22 bits per heavy atom. The molecule has 0 saturated heterocycles. The molecular formula is C20H29NO5S. The van der Waals surface area contributed by atoms with Crippen molar-refractivity contribution in [3.05, 3.63) is 23.3 Å². The summed E-state index contributed by atoms with van der Waals surface area (Å²) in [6, 6.07) is 3.75. The molecule has 0 spiro atoms. The maximum atomic E-state index is 11.4. The minimum Gasteiger partial charge on any atom is -0.490 e. The van der Waals surface area contributed by atoms with E-state index >= 15 is 0 Å². The van der Waals surface area contributed by atoms with Crippen LogP contribution in [0.1, 0.15) is 63.0 Å². The predicted octanol–water partition coefficient (Wildman–Crippen LogP) is 2.88. The smallest absolute Gasteiger partial charge is 0.380 e. The molecule has 7 heteroatoms. The van der Waals surface area contributed by atoms with E-state index in [1.54, 1.807) is 6.07 Å². The molecule has 6 nitrogen and oxygen atoms in total. The molecule has 0 unspecified atom stereocenters. The van der Waals surface area contributed by atoms with Crippen LogP contribution in [0.15, 0.2) is 12.1 Å². The summed E-state index contributed by atoms with van der Waals surface area (Å²) in [5.41, 5.74) is 2.42. The molecule has 1 aromatic carbocycles. The Kier molecular flexibility index (Phi) is 4.68. The van der Waals surface area contributed by atoms with Crippen LogP contribution in [-0.4, -0.2) is 26.2 Å². The molecule has 3 aliphatic carbocycles. The highest BCUT2D eigenvalue weighted by Gasteiger charge is 2.54. The number of hydrogen-bond acceptors (Lipinski definition) is 5. The third-order valence-corrected chi connectivity index (χ3v) is 7.66. The van der Waals surface area contributed by atoms with E-state index in [1.165, 1.54) is 5.56 Å². The number of rotatable bonds is 4. The molecule has 0 aromatic heterocycles. The van der Waals surface area contributed by atoms with Gasteiger partial charge in [-0.1, -0.05) is 6.92 Å². The summed E-state index contributed by atoms with van der Waals surface area (Å²) >= 11 is 0. The monoisotopic (exact) mass is 395 g/mol. The van der Waals surface area contributed by atoms with Crippen LogP contribution in [0.25, 0.3) is 0 Å². The number of aryl methyl sites for hydroxylation is 1. The first kappa shape index (κ1) is 19.0. The molecule has 150 valence electrons. The van der Waals surface area contributed by atoms with E-state index in [9.17, 15) is 13.5 Å². The van der Waals surface area contributed by atoms with Gasteiger partial charge in [0.1, 0.15) is 0 Å². The SMILES string of the molecule is CCOc1cc2c(cc1OS(N)(=O)=O)CC[C@@H]1[C@@H]2CC[C@]2(C)[C@@H](O)CC[C@@H]12. The molecule has 1 aromatic rings. The lowest BCUT2D eigenvalue weighted by molar-refractivity contribution is -0.0226. The second kappa shape index (κ2) is 6.64. The van der Waals surface area contributed by atoms with Crippen molar-refractivity contribution in [2.75, 3.05) is 6.61 Å². The zero-order chi connectivity index (χ0) is 19.4. The van der Waals surface area contributed by atoms with Crippen LogP contribution in [0.5, 0.6) is 11.5 Å². The number of hydrogen-bond donors (Lipinski definition) is 2. The van der Waals surface area contributed by atoms with Crippen molar-refractivity contribution in [3.8, 4) is 11.5 Å². The lowest BCUT2D eigenvalue weighted by Gasteiger charge is -2.50. The molecule has 0 amide bonds. The van der Waals surface area contributed by atoms with E-state index in [1.807, 2.05) is 13.0 Å². The van der Waals surface area contributed by atoms with Crippen LogP contribution in [0, 0.1) is 17.3 Å². The molecule has 0 heterocycles. The summed E-state index contributed by atoms with van der Waals surface area (Å²) in [5.74, 6) is 2.15. The Morgan fingerprint density at radius 3 is 2.70 bits per heavy atom. The van der Waals surface area contributed by atoms with Gasteiger partial charge in [0, 0.05) is 0 Å². The Labute approximate surface area is 161 Å². The van der Waals surface area contributed by atoms with Crippen molar-refractivity contribution >= 4 is 10.3 Å². The summed E-state index contributed by atoms with van der Waals surface area (Å²) < 4.78 is 33.5. The van der Waals surface area contributed by atoms with Crippen LogP contribution < -0.4 is 14.1 Å². The average molecular weight is 396 g/mol. The van der Waals surface area contributed by atoms with Gasteiger partial charge in [-0.05, 0) is 91.9 Å². The Morgan fingerprint density at radius 2 is 2.00 bits per heavy atom. The van der Waals surface area contributed by atoms with Gasteiger partial charge in [-0.25, -0.2) is 0 Å². The summed E-state index contributed by atoms with van der Waals surface area (Å²) in [5, 5.41) is 15.6. The molecule has 4 rings (SSSR count). The highest BCUT2D eigenvalue weighted by molar-refractivity contribution is 7.84. The van der Waals surface area contributed by atoms with Gasteiger partial charge < -0.3 is 14.0 Å². The van der Waals surface area contributed by atoms with Gasteiger partial charge >= 0.3 is 10.3 Å². The minimum atomic E-state index is -4.10. The van der Waals surface area contributed by atoms with E-state index in [0.717, 1.165) is 44.1 Å². The molecule has 0 radical (unpaired) electrons. The van der Waals surface area contributed by atoms with Crippen molar-refractivity contribution in [1.82, 2.24) is 0 Å². The number of ether oxygens (including phenoxy) is 1. The molecule has 2 saturated carbocycles. The van der Waals surface area contributed by atoms with E-state index in [4.69, 9.17) is 14.1 Å². The highest BCUT2D eigenvalue weighted by Crippen LogP contribution is 2.61. The fourth-order valence-electron chi connectivity index (χ4n) is 6.01. The van der Waals surface area contributed by atoms with Crippen molar-refractivity contribution in [2.24, 2.45) is 22.4 Å². The summed E-state index contributed by atoms with van der Waals surface area (Å²) in [4.78, 5) is 0. The van der Waals surface area contributed by atoms with Gasteiger partial charge in [0.15, 0.2) is 11.5 Å². The van der Waals surface area contributed by atoms with Gasteiger partial charge in [-0.2, -0.15) is 13.6 Å². The summed E-state index contributed by atoms with van der Waals surface area (Å²) in [7, 11) is -4.10. The first-order valence-corrected chi connectivity index (χ1v) is 11.4. The molecule has 5 atom stereocenters. The molecular weight excluding hydrogens is 366 g/mol. The molecule has 2 fully saturated rings. The molecule has 0 aliphatic heterocycles. The van der Waals surface area contributed by atoms with Gasteiger partial charge in [-0.15, -0.1) is 0 Å². The van der Waals surface area contributed by atoms with Crippen molar-refractivity contribution in [3.63, 3.8) is 0 Å². The topological polar surface area (TPSA) is 98.9 Å². The average Bonchev–Trinajstić information content (AvgIpc) is 2.89. The fourth-order valence-corrected chi connectivity index (χ4v) is 6.39. The van der Waals surface area contributed by atoms with Crippen molar-refractivity contribution in [2.45, 2.75) is 64.4 Å². The third kappa shape index (κ3) is 3.23. The maximum absolute atomic E-state index is 11.4. The lowest BCUT2D eigenvalue weighted by Crippen LogP contribution is -2.43. The van der Waals surface area contributed by atoms with E-state index in [-0.39, 0.29) is 17.3 Å². The Hall–Kier alpha value is -1.31. The summed E-state index contributed by atoms with van der Waals surface area (Å²) in [6.07, 6.45) is 5.83. The number of benzene rings is 1. The van der Waals surface area contributed by atoms with Crippen LogP contribution in [0.4, 0.5) is 0 Å². The predicted molar refractivity (Wildman–Crippen MR) is 102 cm³/mol. The summed E-state index contributed by atoms with van der Waals surface area (Å²) in [6.45, 7) is 4.53. The Bertz CT molecular complexity index is 839. The highest BCUT2D eigenvalue weighted by atomic mass is 32.2. The van der Waals surface area contributed by atoms with Gasteiger partial charge in [-0.3, -0.25) is 0 Å². The standard InChI is InChI=1S/C20H29NO5S/c1-3-25-17-11-15-12(10-18(17)26-27(21,23)24)4-5-14-13(15)8-9-20(2)16(14)6-7-19(20)22/h10-11,13-14,16,19,22H,3-9H2,1-2H3,(H2,21,23,24)/t13-,14+,16-,19-,20-/m0/s1. The van der Waals surface area contributed by atoms with Gasteiger partial charge in [0.2, 0.25) is 0 Å². The number of aliphatic hydroxyl groups excluding tert-OH is 1. The van der Waals surface area contributed by atoms with E-state index in [2.05, 4.69) is 6.92 Å². The second-order valence-corrected chi connectivity index (χ2v) is 9.71. The molecule has 3 aliphatic rings. The minimum absolute atomic E-state index is 0.0398. The van der Waals surface area contributed by atoms with Crippen LogP contribution in [0.2, 0.25) is 0 Å². The maximum Gasteiger partial charge on any atom is 0.380 e. The first-order valence-electron chi connectivity index (χ1n) is 9.93. The fraction of sp³-hybridized carbons (Fsp3) is 0.700. The van der Waals surface area contributed by atoms with Crippen molar-refractivity contribution < 1.29 is 22.4 Å². The quantitative estimate of drug-likeness (QED) is 0.817. The largest absolute Gasteiger partial charge is 0.490 e. The lowest BCUT2D eigenvalue weighted by atomic mass is 9.55. The number of fused-ring (bicyclic) bond motifs is 5. The van der Waals surface area contributed by atoms with Crippen LogP contribution >= 0.6 is 0 Å². The Balaban J connectivity index is 1.71. The van der Waals surface area contributed by atoms with E-state index < -0.39 is 10.3 Å². The zero-order valence-electron chi connectivity index (χ0n) is 16.0. The number of nitrogens with two attached hydrogens (primary N) is 1. The van der Waals surface area contributed by atoms with Crippen LogP contribution in [0.3, 0.4) is 0 Å². The number of aliphatic hydroxyl groups is 1. The second-order valence-electron chi connectivity index (χ2n) is 8.56. The van der Waals surface area contributed by atoms with Crippen LogP contribution in [-0.2, 0) is 16.7 Å². The van der Waals surface area contributed by atoms with Crippen molar-refractivity contribution in [1.29, 1.82) is 0 Å². The molecule has 27 heavy (non-hydrogen) atoms. The molecule has 3 N–H and O–H groups in total. The van der Waals surface area contributed by atoms with Gasteiger partial charge in [0.05, 0.1) is 12.7 Å². The van der Waals surface area contributed by atoms with E-state index in [0.29, 0.717) is 30.1 Å². The first-order chi connectivity index (χ1) is 12.7. The normalized spacial score (nSPS) is 35.1. The third-order valence-electron chi connectivity index (χ3n) is 7.24.